The molecule has 1 aromatic heterocycles. The number of rotatable bonds is 3. The number of nitrogens with zero attached hydrogens (tertiary/aromatic N) is 3. The van der Waals surface area contributed by atoms with Crippen molar-refractivity contribution in [3.8, 4) is 0 Å². The molecule has 2 aromatic rings. The van der Waals surface area contributed by atoms with Crippen LogP contribution in [-0.4, -0.2) is 42.2 Å². The van der Waals surface area contributed by atoms with Crippen LogP contribution in [0.15, 0.2) is 36.9 Å². The second kappa shape index (κ2) is 5.38. The second-order valence-corrected chi connectivity index (χ2v) is 4.72. The van der Waals surface area contributed by atoms with Crippen LogP contribution in [0.2, 0.25) is 0 Å². The van der Waals surface area contributed by atoms with E-state index in [2.05, 4.69) is 27.0 Å². The van der Waals surface area contributed by atoms with E-state index in [1.807, 2.05) is 24.3 Å². The zero-order valence-electron chi connectivity index (χ0n) is 11.2. The van der Waals surface area contributed by atoms with Gasteiger partial charge in [0.05, 0.1) is 0 Å². The Bertz CT molecular complexity index is 662. The van der Waals surface area contributed by atoms with E-state index in [0.717, 1.165) is 42.8 Å². The van der Waals surface area contributed by atoms with Crippen LogP contribution in [0, 0.1) is 0 Å². The van der Waals surface area contributed by atoms with Crippen molar-refractivity contribution in [3.05, 3.63) is 42.6 Å². The number of piperazine rings is 1. The number of hydrogen-bond donors (Lipinski definition) is 1. The monoisotopic (exact) mass is 268 g/mol. The van der Waals surface area contributed by atoms with Gasteiger partial charge in [0.2, 0.25) is 5.78 Å². The first kappa shape index (κ1) is 12.7. The van der Waals surface area contributed by atoms with Crippen LogP contribution in [0.1, 0.15) is 10.5 Å². The topological polar surface area (TPSA) is 58.1 Å². The highest BCUT2D eigenvalue weighted by molar-refractivity contribution is 6.13. The summed E-state index contributed by atoms with van der Waals surface area (Å²) in [5.41, 5.74) is 0.370. The molecule has 0 atom stereocenters. The number of benzene rings is 1. The average Bonchev–Trinajstić information content (AvgIpc) is 2.54. The number of aromatic nitrogens is 2. The Morgan fingerprint density at radius 3 is 2.60 bits per heavy atom. The lowest BCUT2D eigenvalue weighted by molar-refractivity contribution is 0.104. The number of allylic oxidation sites excluding steroid dienone is 1. The van der Waals surface area contributed by atoms with E-state index in [0.29, 0.717) is 5.69 Å². The third kappa shape index (κ3) is 2.16. The van der Waals surface area contributed by atoms with E-state index >= 15 is 0 Å². The minimum atomic E-state index is -0.194. The van der Waals surface area contributed by atoms with E-state index in [4.69, 9.17) is 0 Å². The molecular formula is C15H16N4O. The molecule has 1 aliphatic heterocycles. The number of nitrogens with one attached hydrogen (secondary N) is 1. The third-order valence-corrected chi connectivity index (χ3v) is 3.50. The van der Waals surface area contributed by atoms with Crippen molar-refractivity contribution in [2.75, 3.05) is 31.1 Å². The minimum absolute atomic E-state index is 0.194. The molecule has 1 N–H and O–H groups in total. The molecule has 5 nitrogen and oxygen atoms in total. The maximum atomic E-state index is 11.9. The summed E-state index contributed by atoms with van der Waals surface area (Å²) in [5.74, 6) is 0.656. The smallest absolute Gasteiger partial charge is 0.206 e. The van der Waals surface area contributed by atoms with Gasteiger partial charge in [-0.2, -0.15) is 0 Å². The minimum Gasteiger partial charge on any atom is -0.352 e. The van der Waals surface area contributed by atoms with Crippen LogP contribution in [0.25, 0.3) is 10.8 Å². The molecule has 3 rings (SSSR count). The normalized spacial score (nSPS) is 15.3. The molecule has 0 unspecified atom stereocenters. The largest absolute Gasteiger partial charge is 0.352 e. The van der Waals surface area contributed by atoms with Crippen LogP contribution in [0.5, 0.6) is 0 Å². The van der Waals surface area contributed by atoms with E-state index in [9.17, 15) is 4.79 Å². The van der Waals surface area contributed by atoms with Crippen molar-refractivity contribution in [2.24, 2.45) is 0 Å². The van der Waals surface area contributed by atoms with Gasteiger partial charge in [-0.25, -0.2) is 0 Å². The quantitative estimate of drug-likeness (QED) is 0.673. The Labute approximate surface area is 117 Å². The van der Waals surface area contributed by atoms with E-state index in [-0.39, 0.29) is 5.78 Å². The highest BCUT2D eigenvalue weighted by Gasteiger charge is 2.18. The van der Waals surface area contributed by atoms with Gasteiger partial charge in [0.25, 0.3) is 0 Å². The molecule has 1 saturated heterocycles. The van der Waals surface area contributed by atoms with Crippen LogP contribution < -0.4 is 10.2 Å². The fraction of sp³-hybridized carbons (Fsp3) is 0.267. The first-order valence-electron chi connectivity index (χ1n) is 6.69. The van der Waals surface area contributed by atoms with Crippen LogP contribution in [0.4, 0.5) is 5.82 Å². The molecule has 0 saturated carbocycles. The number of fused-ring (bicyclic) bond motifs is 1. The zero-order chi connectivity index (χ0) is 13.9. The zero-order valence-corrected chi connectivity index (χ0v) is 11.2. The summed E-state index contributed by atoms with van der Waals surface area (Å²) in [6.45, 7) is 7.18. The van der Waals surface area contributed by atoms with Crippen molar-refractivity contribution in [1.29, 1.82) is 0 Å². The number of anilines is 1. The Morgan fingerprint density at radius 1 is 1.20 bits per heavy atom. The van der Waals surface area contributed by atoms with Crippen molar-refractivity contribution >= 4 is 22.4 Å². The molecule has 0 amide bonds. The number of hydrogen-bond acceptors (Lipinski definition) is 5. The molecule has 0 bridgehead atoms. The Kier molecular flexibility index (Phi) is 3.43. The number of ketones is 1. The lowest BCUT2D eigenvalue weighted by Crippen LogP contribution is -2.44. The fourth-order valence-corrected chi connectivity index (χ4v) is 2.48. The molecule has 1 fully saturated rings. The molecule has 20 heavy (non-hydrogen) atoms. The molecule has 1 aliphatic rings. The van der Waals surface area contributed by atoms with Crippen LogP contribution in [-0.2, 0) is 0 Å². The van der Waals surface area contributed by atoms with Gasteiger partial charge in [0.15, 0.2) is 5.82 Å². The van der Waals surface area contributed by atoms with Crippen molar-refractivity contribution < 1.29 is 4.79 Å². The molecule has 5 heteroatoms. The predicted octanol–water partition coefficient (Wildman–Crippen LogP) is 1.41. The lowest BCUT2D eigenvalue weighted by Gasteiger charge is -2.29. The van der Waals surface area contributed by atoms with Gasteiger partial charge in [-0.15, -0.1) is 10.2 Å². The molecule has 1 aromatic carbocycles. The summed E-state index contributed by atoms with van der Waals surface area (Å²) < 4.78 is 0. The standard InChI is InChI=1S/C15H16N4O/c1-2-13(20)14-11-5-3-4-6-12(11)15(18-17-14)19-9-7-16-8-10-19/h2-6,16H,1,7-10H2. The molecular weight excluding hydrogens is 252 g/mol. The summed E-state index contributed by atoms with van der Waals surface area (Å²) in [4.78, 5) is 14.1. The van der Waals surface area contributed by atoms with Gasteiger partial charge in [-0.1, -0.05) is 30.8 Å². The van der Waals surface area contributed by atoms with Crippen LogP contribution in [0.3, 0.4) is 0 Å². The van der Waals surface area contributed by atoms with E-state index in [1.165, 1.54) is 6.08 Å². The molecule has 0 aliphatic carbocycles. The number of carbonyl (C=O) groups is 1. The SMILES string of the molecule is C=CC(=O)c1nnc(N2CCNCC2)c2ccccc12. The predicted molar refractivity (Wildman–Crippen MR) is 79.1 cm³/mol. The lowest BCUT2D eigenvalue weighted by atomic mass is 10.1. The summed E-state index contributed by atoms with van der Waals surface area (Å²) in [7, 11) is 0. The first-order valence-corrected chi connectivity index (χ1v) is 6.69. The van der Waals surface area contributed by atoms with Crippen molar-refractivity contribution in [1.82, 2.24) is 15.5 Å². The fourth-order valence-electron chi connectivity index (χ4n) is 2.48. The highest BCUT2D eigenvalue weighted by atomic mass is 16.1. The summed E-state index contributed by atoms with van der Waals surface area (Å²) in [5, 5.41) is 13.5. The first-order chi connectivity index (χ1) is 9.81. The number of carbonyl (C=O) groups excluding carboxylic acids is 1. The van der Waals surface area contributed by atoms with Gasteiger partial charge in [-0.05, 0) is 6.08 Å². The maximum Gasteiger partial charge on any atom is 0.206 e. The van der Waals surface area contributed by atoms with Crippen molar-refractivity contribution in [3.63, 3.8) is 0 Å². The van der Waals surface area contributed by atoms with Crippen LogP contribution >= 0.6 is 0 Å². The second-order valence-electron chi connectivity index (χ2n) is 4.72. The Balaban J connectivity index is 2.15. The summed E-state index contributed by atoms with van der Waals surface area (Å²) in [6, 6.07) is 7.76. The van der Waals surface area contributed by atoms with Crippen molar-refractivity contribution in [2.45, 2.75) is 0 Å². The Morgan fingerprint density at radius 2 is 1.90 bits per heavy atom. The average molecular weight is 268 g/mol. The summed E-state index contributed by atoms with van der Waals surface area (Å²) >= 11 is 0. The van der Waals surface area contributed by atoms with Gasteiger partial charge < -0.3 is 10.2 Å². The van der Waals surface area contributed by atoms with Gasteiger partial charge in [0, 0.05) is 37.0 Å². The molecule has 102 valence electrons. The highest BCUT2D eigenvalue weighted by Crippen LogP contribution is 2.26. The molecule has 2 heterocycles. The summed E-state index contributed by atoms with van der Waals surface area (Å²) in [6.07, 6.45) is 1.28. The van der Waals surface area contributed by atoms with Gasteiger partial charge in [0.1, 0.15) is 5.69 Å². The third-order valence-electron chi connectivity index (χ3n) is 3.50. The van der Waals surface area contributed by atoms with E-state index in [1.54, 1.807) is 0 Å². The van der Waals surface area contributed by atoms with Gasteiger partial charge in [-0.3, -0.25) is 4.79 Å². The van der Waals surface area contributed by atoms with Gasteiger partial charge >= 0.3 is 0 Å². The Hall–Kier alpha value is -2.27. The molecule has 0 spiro atoms. The van der Waals surface area contributed by atoms with E-state index < -0.39 is 0 Å². The maximum absolute atomic E-state index is 11.9. The molecule has 0 radical (unpaired) electrons.